The third-order valence-electron chi connectivity index (χ3n) is 4.47. The van der Waals surface area contributed by atoms with Crippen molar-refractivity contribution < 1.29 is 4.74 Å². The van der Waals surface area contributed by atoms with E-state index in [0.717, 1.165) is 25.8 Å². The van der Waals surface area contributed by atoms with Crippen molar-refractivity contribution in [3.8, 4) is 0 Å². The van der Waals surface area contributed by atoms with Crippen LogP contribution in [-0.4, -0.2) is 19.3 Å². The van der Waals surface area contributed by atoms with Crippen LogP contribution in [0.4, 0.5) is 0 Å². The van der Waals surface area contributed by atoms with Crippen LogP contribution in [0.1, 0.15) is 62.8 Å². The average molecular weight is 277 g/mol. The Morgan fingerprint density at radius 3 is 2.30 bits per heavy atom. The second kappa shape index (κ2) is 7.80. The van der Waals surface area contributed by atoms with Crippen molar-refractivity contribution in [3.05, 3.63) is 34.9 Å². The number of aryl methyl sites for hydroxylation is 2. The Kier molecular flexibility index (Phi) is 6.70. The maximum Gasteiger partial charge on any atom is 0.0867 e. The van der Waals surface area contributed by atoms with E-state index in [1.54, 1.807) is 0 Å². The van der Waals surface area contributed by atoms with E-state index in [4.69, 9.17) is 4.74 Å². The minimum atomic E-state index is -0.131. The molecule has 1 unspecified atom stereocenters. The summed E-state index contributed by atoms with van der Waals surface area (Å²) < 4.78 is 5.98. The first kappa shape index (κ1) is 17.2. The van der Waals surface area contributed by atoms with Gasteiger partial charge in [-0.25, -0.2) is 0 Å². The van der Waals surface area contributed by atoms with E-state index in [2.05, 4.69) is 58.1 Å². The largest absolute Gasteiger partial charge is 0.376 e. The Bertz CT molecular complexity index is 402. The average Bonchev–Trinajstić information content (AvgIpc) is 2.47. The van der Waals surface area contributed by atoms with Crippen LogP contribution in [0, 0.1) is 13.8 Å². The van der Waals surface area contributed by atoms with Gasteiger partial charge in [0.25, 0.3) is 0 Å². The summed E-state index contributed by atoms with van der Waals surface area (Å²) in [7, 11) is 1.85. The normalized spacial score (nSPS) is 13.5. The highest BCUT2D eigenvalue weighted by atomic mass is 16.5. The summed E-state index contributed by atoms with van der Waals surface area (Å²) in [6, 6.07) is 6.96. The van der Waals surface area contributed by atoms with E-state index >= 15 is 0 Å². The quantitative estimate of drug-likeness (QED) is 0.752. The van der Waals surface area contributed by atoms with Gasteiger partial charge in [0.2, 0.25) is 0 Å². The van der Waals surface area contributed by atoms with Crippen molar-refractivity contribution in [3.63, 3.8) is 0 Å². The van der Waals surface area contributed by atoms with Crippen molar-refractivity contribution in [1.82, 2.24) is 5.32 Å². The molecular formula is C18H31NO. The molecule has 0 aliphatic rings. The van der Waals surface area contributed by atoms with Crippen LogP contribution in [0.25, 0.3) is 0 Å². The summed E-state index contributed by atoms with van der Waals surface area (Å²) in [5.41, 5.74) is 3.90. The molecule has 20 heavy (non-hydrogen) atoms. The van der Waals surface area contributed by atoms with E-state index in [-0.39, 0.29) is 11.6 Å². The highest BCUT2D eigenvalue weighted by molar-refractivity contribution is 5.35. The van der Waals surface area contributed by atoms with Crippen molar-refractivity contribution >= 4 is 0 Å². The molecule has 0 heterocycles. The van der Waals surface area contributed by atoms with Gasteiger partial charge in [0.1, 0.15) is 0 Å². The third kappa shape index (κ3) is 3.62. The van der Waals surface area contributed by atoms with Crippen LogP contribution < -0.4 is 5.32 Å². The van der Waals surface area contributed by atoms with Crippen LogP contribution in [0.3, 0.4) is 0 Å². The number of benzene rings is 1. The van der Waals surface area contributed by atoms with E-state index in [1.807, 2.05) is 7.11 Å². The first-order chi connectivity index (χ1) is 9.54. The summed E-state index contributed by atoms with van der Waals surface area (Å²) >= 11 is 0. The van der Waals surface area contributed by atoms with Gasteiger partial charge >= 0.3 is 0 Å². The highest BCUT2D eigenvalue weighted by Crippen LogP contribution is 2.36. The Labute approximate surface area is 124 Å². The molecule has 2 heteroatoms. The monoisotopic (exact) mass is 277 g/mol. The molecule has 0 saturated carbocycles. The zero-order valence-electron chi connectivity index (χ0n) is 14.0. The third-order valence-corrected chi connectivity index (χ3v) is 4.47. The van der Waals surface area contributed by atoms with Crippen LogP contribution in [-0.2, 0) is 4.74 Å². The molecule has 0 spiro atoms. The van der Waals surface area contributed by atoms with Crippen LogP contribution in [0.2, 0.25) is 0 Å². The zero-order valence-corrected chi connectivity index (χ0v) is 14.0. The SMILES string of the molecule is CCCNC(c1cc(C)ccc1C)C(CC)(CC)OC. The Morgan fingerprint density at radius 1 is 1.15 bits per heavy atom. The second-order valence-corrected chi connectivity index (χ2v) is 5.72. The molecule has 0 aliphatic heterocycles. The van der Waals surface area contributed by atoms with Gasteiger partial charge in [0, 0.05) is 7.11 Å². The number of ether oxygens (including phenoxy) is 1. The van der Waals surface area contributed by atoms with Gasteiger partial charge in [0.05, 0.1) is 11.6 Å². The smallest absolute Gasteiger partial charge is 0.0867 e. The van der Waals surface area contributed by atoms with Gasteiger partial charge in [-0.3, -0.25) is 0 Å². The maximum absolute atomic E-state index is 5.98. The molecule has 0 aromatic heterocycles. The molecule has 114 valence electrons. The first-order valence-corrected chi connectivity index (χ1v) is 7.90. The Morgan fingerprint density at radius 2 is 1.80 bits per heavy atom. The molecule has 1 rings (SSSR count). The summed E-state index contributed by atoms with van der Waals surface area (Å²) in [6.07, 6.45) is 3.15. The summed E-state index contributed by atoms with van der Waals surface area (Å²) in [6.45, 7) is 12.0. The van der Waals surface area contributed by atoms with Crippen LogP contribution in [0.5, 0.6) is 0 Å². The van der Waals surface area contributed by atoms with Crippen molar-refractivity contribution in [2.24, 2.45) is 0 Å². The standard InChI is InChI=1S/C18H31NO/c1-7-12-19-17(18(8-2,9-3)20-6)16-13-14(4)10-11-15(16)5/h10-11,13,17,19H,7-9,12H2,1-6H3. The van der Waals surface area contributed by atoms with Crippen molar-refractivity contribution in [2.45, 2.75) is 65.5 Å². The van der Waals surface area contributed by atoms with Gasteiger partial charge in [0.15, 0.2) is 0 Å². The summed E-state index contributed by atoms with van der Waals surface area (Å²) in [4.78, 5) is 0. The Hall–Kier alpha value is -0.860. The number of methoxy groups -OCH3 is 1. The van der Waals surface area contributed by atoms with Gasteiger partial charge in [-0.1, -0.05) is 44.5 Å². The lowest BCUT2D eigenvalue weighted by molar-refractivity contribution is -0.0487. The van der Waals surface area contributed by atoms with Crippen LogP contribution in [0.15, 0.2) is 18.2 Å². The lowest BCUT2D eigenvalue weighted by atomic mass is 9.81. The van der Waals surface area contributed by atoms with Crippen molar-refractivity contribution in [1.29, 1.82) is 0 Å². The topological polar surface area (TPSA) is 21.3 Å². The molecule has 1 N–H and O–H groups in total. The van der Waals surface area contributed by atoms with E-state index in [0.29, 0.717) is 0 Å². The molecule has 0 fully saturated rings. The molecule has 1 aromatic carbocycles. The lowest BCUT2D eigenvalue weighted by Crippen LogP contribution is -2.45. The molecule has 0 amide bonds. The molecule has 0 radical (unpaired) electrons. The number of hydrogen-bond acceptors (Lipinski definition) is 2. The van der Waals surface area contributed by atoms with Crippen molar-refractivity contribution in [2.75, 3.05) is 13.7 Å². The van der Waals surface area contributed by atoms with Gasteiger partial charge in [-0.2, -0.15) is 0 Å². The molecule has 0 saturated heterocycles. The van der Waals surface area contributed by atoms with E-state index in [1.165, 1.54) is 16.7 Å². The maximum atomic E-state index is 5.98. The van der Waals surface area contributed by atoms with Gasteiger partial charge < -0.3 is 10.1 Å². The predicted octanol–water partition coefficient (Wildman–Crippen LogP) is 4.55. The van der Waals surface area contributed by atoms with E-state index < -0.39 is 0 Å². The lowest BCUT2D eigenvalue weighted by Gasteiger charge is -2.40. The second-order valence-electron chi connectivity index (χ2n) is 5.72. The predicted molar refractivity (Wildman–Crippen MR) is 87.3 cm³/mol. The first-order valence-electron chi connectivity index (χ1n) is 7.90. The van der Waals surface area contributed by atoms with E-state index in [9.17, 15) is 0 Å². The molecule has 1 atom stereocenters. The molecular weight excluding hydrogens is 246 g/mol. The summed E-state index contributed by atoms with van der Waals surface area (Å²) in [5.74, 6) is 0. The minimum absolute atomic E-state index is 0.131. The van der Waals surface area contributed by atoms with Gasteiger partial charge in [-0.15, -0.1) is 0 Å². The fourth-order valence-corrected chi connectivity index (χ4v) is 3.00. The number of rotatable bonds is 8. The fraction of sp³-hybridized carbons (Fsp3) is 0.667. The number of nitrogens with one attached hydrogen (secondary N) is 1. The molecule has 2 nitrogen and oxygen atoms in total. The zero-order chi connectivity index (χ0) is 15.2. The summed E-state index contributed by atoms with van der Waals surface area (Å²) in [5, 5.41) is 3.72. The molecule has 1 aromatic rings. The highest BCUT2D eigenvalue weighted by Gasteiger charge is 2.37. The molecule has 0 aliphatic carbocycles. The van der Waals surface area contributed by atoms with Crippen LogP contribution >= 0.6 is 0 Å². The van der Waals surface area contributed by atoms with Gasteiger partial charge in [-0.05, 0) is 50.8 Å². The molecule has 0 bridgehead atoms. The minimum Gasteiger partial charge on any atom is -0.376 e. The Balaban J connectivity index is 3.26. The fourth-order valence-electron chi connectivity index (χ4n) is 3.00. The number of hydrogen-bond donors (Lipinski definition) is 1.